The van der Waals surface area contributed by atoms with Crippen LogP contribution in [0.4, 0.5) is 0 Å². The van der Waals surface area contributed by atoms with E-state index in [-0.39, 0.29) is 6.61 Å². The highest BCUT2D eigenvalue weighted by atomic mass is 16.5. The zero-order valence-electron chi connectivity index (χ0n) is 12.3. The van der Waals surface area contributed by atoms with Crippen LogP contribution in [0.25, 0.3) is 0 Å². The van der Waals surface area contributed by atoms with E-state index < -0.39 is 23.4 Å². The maximum Gasteiger partial charge on any atom is 0.339 e. The van der Waals surface area contributed by atoms with E-state index in [1.165, 1.54) is 0 Å². The Kier molecular flexibility index (Phi) is 4.27. The van der Waals surface area contributed by atoms with Crippen molar-refractivity contribution in [2.24, 2.45) is 5.73 Å². The molecule has 2 atom stereocenters. The Morgan fingerprint density at radius 2 is 2.24 bits per heavy atom. The van der Waals surface area contributed by atoms with Gasteiger partial charge in [0.25, 0.3) is 0 Å². The van der Waals surface area contributed by atoms with E-state index in [0.29, 0.717) is 29.8 Å². The highest BCUT2D eigenvalue weighted by Crippen LogP contribution is 2.40. The van der Waals surface area contributed by atoms with Gasteiger partial charge in [0.15, 0.2) is 0 Å². The van der Waals surface area contributed by atoms with Crippen LogP contribution in [0.1, 0.15) is 47.9 Å². The van der Waals surface area contributed by atoms with Crippen molar-refractivity contribution in [3.63, 3.8) is 0 Å². The van der Waals surface area contributed by atoms with Crippen molar-refractivity contribution in [1.82, 2.24) is 4.98 Å². The Morgan fingerprint density at radius 1 is 1.52 bits per heavy atom. The van der Waals surface area contributed by atoms with Crippen molar-refractivity contribution < 1.29 is 19.4 Å². The van der Waals surface area contributed by atoms with Crippen molar-refractivity contribution >= 4 is 11.9 Å². The Bertz CT molecular complexity index is 573. The minimum atomic E-state index is -1.15. The third-order valence-electron chi connectivity index (χ3n) is 4.14. The van der Waals surface area contributed by atoms with Crippen LogP contribution in [0.3, 0.4) is 0 Å². The zero-order valence-corrected chi connectivity index (χ0v) is 12.3. The standard InChI is InChI=1S/C15H20N2O4/c1-3-21-13(18)10-6-7-12(17-9(10)2)15(14(19)20)8-4-5-11(15)16/h6-7,11H,3-5,8,16H2,1-2H3,(H,19,20). The van der Waals surface area contributed by atoms with Crippen molar-refractivity contribution in [3.05, 3.63) is 29.1 Å². The zero-order chi connectivity index (χ0) is 15.6. The van der Waals surface area contributed by atoms with Gasteiger partial charge in [0.1, 0.15) is 5.41 Å². The average molecular weight is 292 g/mol. The van der Waals surface area contributed by atoms with E-state index in [1.807, 2.05) is 0 Å². The van der Waals surface area contributed by atoms with Crippen LogP contribution in [0.15, 0.2) is 12.1 Å². The second-order valence-corrected chi connectivity index (χ2v) is 5.33. The van der Waals surface area contributed by atoms with Gasteiger partial charge < -0.3 is 15.6 Å². The molecule has 0 bridgehead atoms. The number of carbonyl (C=O) groups is 2. The number of carboxylic acid groups (broad SMARTS) is 1. The lowest BCUT2D eigenvalue weighted by Gasteiger charge is -2.28. The molecule has 1 saturated carbocycles. The van der Waals surface area contributed by atoms with Crippen LogP contribution >= 0.6 is 0 Å². The predicted molar refractivity (Wildman–Crippen MR) is 76.1 cm³/mol. The summed E-state index contributed by atoms with van der Waals surface area (Å²) in [6.07, 6.45) is 1.88. The first kappa shape index (κ1) is 15.4. The molecule has 2 unspecified atom stereocenters. The Morgan fingerprint density at radius 3 is 2.71 bits per heavy atom. The van der Waals surface area contributed by atoms with Gasteiger partial charge in [0.05, 0.1) is 23.6 Å². The number of rotatable bonds is 4. The third kappa shape index (κ3) is 2.51. The van der Waals surface area contributed by atoms with Crippen LogP contribution in [-0.2, 0) is 14.9 Å². The van der Waals surface area contributed by atoms with E-state index in [2.05, 4.69) is 4.98 Å². The number of nitrogens with two attached hydrogens (primary N) is 1. The largest absolute Gasteiger partial charge is 0.480 e. The Labute approximate surface area is 123 Å². The predicted octanol–water partition coefficient (Wildman–Crippen LogP) is 1.40. The lowest BCUT2D eigenvalue weighted by atomic mass is 9.79. The number of carbonyl (C=O) groups excluding carboxylic acids is 1. The van der Waals surface area contributed by atoms with Crippen LogP contribution in [0, 0.1) is 6.92 Å². The van der Waals surface area contributed by atoms with E-state index in [4.69, 9.17) is 10.5 Å². The quantitative estimate of drug-likeness (QED) is 0.813. The van der Waals surface area contributed by atoms with E-state index in [9.17, 15) is 14.7 Å². The first-order chi connectivity index (χ1) is 9.93. The van der Waals surface area contributed by atoms with Crippen LogP contribution in [0.2, 0.25) is 0 Å². The first-order valence-electron chi connectivity index (χ1n) is 7.07. The molecule has 0 radical (unpaired) electrons. The first-order valence-corrected chi connectivity index (χ1v) is 7.07. The Hall–Kier alpha value is -1.95. The SMILES string of the molecule is CCOC(=O)c1ccc(C2(C(=O)O)CCCC2N)nc1C. The number of ether oxygens (including phenoxy) is 1. The molecule has 1 aliphatic rings. The topological polar surface area (TPSA) is 103 Å². The molecule has 1 aromatic heterocycles. The summed E-state index contributed by atoms with van der Waals surface area (Å²) in [6, 6.07) is 2.69. The summed E-state index contributed by atoms with van der Waals surface area (Å²) in [5, 5.41) is 9.63. The molecule has 2 rings (SSSR count). The molecule has 21 heavy (non-hydrogen) atoms. The van der Waals surface area contributed by atoms with Gasteiger partial charge in [-0.3, -0.25) is 9.78 Å². The fourth-order valence-electron chi connectivity index (χ4n) is 2.96. The van der Waals surface area contributed by atoms with Crippen molar-refractivity contribution in [2.45, 2.75) is 44.6 Å². The maximum absolute atomic E-state index is 11.8. The number of hydrogen-bond acceptors (Lipinski definition) is 5. The maximum atomic E-state index is 11.8. The van der Waals surface area contributed by atoms with Crippen molar-refractivity contribution in [2.75, 3.05) is 6.61 Å². The van der Waals surface area contributed by atoms with Gasteiger partial charge in [-0.15, -0.1) is 0 Å². The highest BCUT2D eigenvalue weighted by molar-refractivity contribution is 5.91. The smallest absolute Gasteiger partial charge is 0.339 e. The molecule has 1 aromatic rings. The molecule has 1 heterocycles. The molecule has 0 aliphatic heterocycles. The molecular formula is C15H20N2O4. The third-order valence-corrected chi connectivity index (χ3v) is 4.14. The molecule has 0 aromatic carbocycles. The summed E-state index contributed by atoms with van der Waals surface area (Å²) in [5.41, 5.74) is 6.12. The van der Waals surface area contributed by atoms with E-state index >= 15 is 0 Å². The van der Waals surface area contributed by atoms with Gasteiger partial charge in [-0.05, 0) is 38.8 Å². The average Bonchev–Trinajstić information content (AvgIpc) is 2.81. The summed E-state index contributed by atoms with van der Waals surface area (Å²) in [7, 11) is 0. The van der Waals surface area contributed by atoms with Gasteiger partial charge in [-0.2, -0.15) is 0 Å². The number of hydrogen-bond donors (Lipinski definition) is 2. The molecule has 114 valence electrons. The summed E-state index contributed by atoms with van der Waals surface area (Å²) in [5.74, 6) is -1.41. The number of nitrogens with zero attached hydrogens (tertiary/aromatic N) is 1. The van der Waals surface area contributed by atoms with Gasteiger partial charge >= 0.3 is 11.9 Å². The number of pyridine rings is 1. The molecule has 0 saturated heterocycles. The minimum Gasteiger partial charge on any atom is -0.480 e. The normalized spacial score (nSPS) is 24.8. The molecular weight excluding hydrogens is 272 g/mol. The van der Waals surface area contributed by atoms with E-state index in [1.54, 1.807) is 26.0 Å². The summed E-state index contributed by atoms with van der Waals surface area (Å²) < 4.78 is 4.95. The van der Waals surface area contributed by atoms with Crippen LogP contribution in [-0.4, -0.2) is 34.7 Å². The molecule has 0 amide bonds. The lowest BCUT2D eigenvalue weighted by molar-refractivity contribution is -0.144. The molecule has 6 heteroatoms. The molecule has 3 N–H and O–H groups in total. The van der Waals surface area contributed by atoms with Gasteiger partial charge in [0, 0.05) is 6.04 Å². The number of esters is 1. The molecule has 1 fully saturated rings. The van der Waals surface area contributed by atoms with Crippen molar-refractivity contribution in [1.29, 1.82) is 0 Å². The number of carboxylic acids is 1. The van der Waals surface area contributed by atoms with Crippen molar-refractivity contribution in [3.8, 4) is 0 Å². The van der Waals surface area contributed by atoms with E-state index in [0.717, 1.165) is 6.42 Å². The number of aliphatic carboxylic acids is 1. The fourth-order valence-corrected chi connectivity index (χ4v) is 2.96. The Balaban J connectivity index is 2.43. The molecule has 6 nitrogen and oxygen atoms in total. The highest BCUT2D eigenvalue weighted by Gasteiger charge is 2.50. The van der Waals surface area contributed by atoms with Crippen LogP contribution in [0.5, 0.6) is 0 Å². The second kappa shape index (κ2) is 5.81. The summed E-state index contributed by atoms with van der Waals surface area (Å²) >= 11 is 0. The minimum absolute atomic E-state index is 0.282. The second-order valence-electron chi connectivity index (χ2n) is 5.33. The van der Waals surface area contributed by atoms with Crippen LogP contribution < -0.4 is 5.73 Å². The number of aromatic nitrogens is 1. The molecule has 0 spiro atoms. The summed E-state index contributed by atoms with van der Waals surface area (Å²) in [4.78, 5) is 27.9. The monoisotopic (exact) mass is 292 g/mol. The fraction of sp³-hybridized carbons (Fsp3) is 0.533. The number of aryl methyl sites for hydroxylation is 1. The lowest BCUT2D eigenvalue weighted by Crippen LogP contribution is -2.48. The van der Waals surface area contributed by atoms with Gasteiger partial charge in [-0.25, -0.2) is 4.79 Å². The summed E-state index contributed by atoms with van der Waals surface area (Å²) in [6.45, 7) is 3.68. The molecule has 1 aliphatic carbocycles. The van der Waals surface area contributed by atoms with Gasteiger partial charge in [-0.1, -0.05) is 6.42 Å². The van der Waals surface area contributed by atoms with Gasteiger partial charge in [0.2, 0.25) is 0 Å².